The molecule has 0 unspecified atom stereocenters. The molecule has 1 aromatic rings. The first kappa shape index (κ1) is 14.0. The molecule has 1 amide bonds. The van der Waals surface area contributed by atoms with Crippen LogP contribution in [0.1, 0.15) is 25.5 Å². The van der Waals surface area contributed by atoms with Gasteiger partial charge in [-0.1, -0.05) is 12.1 Å². The molecule has 6 nitrogen and oxygen atoms in total. The zero-order valence-electron chi connectivity index (χ0n) is 11.4. The Labute approximate surface area is 112 Å². The average Bonchev–Trinajstić information content (AvgIpc) is 3.02. The normalized spacial score (nSPS) is 20.4. The topological polar surface area (TPSA) is 76.4 Å². The zero-order valence-corrected chi connectivity index (χ0v) is 11.4. The second-order valence-corrected chi connectivity index (χ2v) is 4.91. The van der Waals surface area contributed by atoms with Crippen molar-refractivity contribution < 1.29 is 14.1 Å². The molecular weight excluding hydrogens is 246 g/mol. The van der Waals surface area contributed by atoms with Crippen LogP contribution in [0.15, 0.2) is 10.6 Å². The summed E-state index contributed by atoms with van der Waals surface area (Å²) in [6, 6.07) is 1.49. The predicted octanol–water partition coefficient (Wildman–Crippen LogP) is 1.33. The summed E-state index contributed by atoms with van der Waals surface area (Å²) in [4.78, 5) is 12.1. The van der Waals surface area contributed by atoms with E-state index in [1.165, 1.54) is 0 Å². The van der Waals surface area contributed by atoms with E-state index in [0.717, 1.165) is 32.6 Å². The van der Waals surface area contributed by atoms with Gasteiger partial charge < -0.3 is 19.9 Å². The molecule has 19 heavy (non-hydrogen) atoms. The third-order valence-corrected chi connectivity index (χ3v) is 3.28. The highest BCUT2D eigenvalue weighted by molar-refractivity contribution is 5.93. The molecule has 0 spiro atoms. The van der Waals surface area contributed by atoms with Gasteiger partial charge in [0.1, 0.15) is 5.76 Å². The third-order valence-electron chi connectivity index (χ3n) is 3.28. The van der Waals surface area contributed by atoms with Crippen LogP contribution in [0.4, 0.5) is 5.82 Å². The van der Waals surface area contributed by atoms with Gasteiger partial charge in [0, 0.05) is 19.2 Å². The Kier molecular flexibility index (Phi) is 4.93. The van der Waals surface area contributed by atoms with Gasteiger partial charge in [-0.25, -0.2) is 0 Å². The van der Waals surface area contributed by atoms with E-state index in [-0.39, 0.29) is 11.9 Å². The standard InChI is InChI=1S/C13H21N3O3/c1-3-11(14-7-10-4-5-18-8-10)13(17)15-12-6-9(2)19-16-12/h6,10-11,14H,3-5,7-8H2,1-2H3,(H,15,16,17)/t10-,11-/m0/s1. The smallest absolute Gasteiger partial charge is 0.242 e. The molecular formula is C13H21N3O3. The molecule has 0 aromatic carbocycles. The summed E-state index contributed by atoms with van der Waals surface area (Å²) in [5.41, 5.74) is 0. The van der Waals surface area contributed by atoms with E-state index in [1.54, 1.807) is 13.0 Å². The van der Waals surface area contributed by atoms with Crippen molar-refractivity contribution in [3.63, 3.8) is 0 Å². The highest BCUT2D eigenvalue weighted by Crippen LogP contribution is 2.12. The number of amides is 1. The van der Waals surface area contributed by atoms with Crippen molar-refractivity contribution in [1.29, 1.82) is 0 Å². The quantitative estimate of drug-likeness (QED) is 0.813. The molecule has 0 bridgehead atoms. The number of ether oxygens (including phenoxy) is 1. The number of rotatable bonds is 6. The summed E-state index contributed by atoms with van der Waals surface area (Å²) in [7, 11) is 0. The van der Waals surface area contributed by atoms with Crippen LogP contribution in [-0.2, 0) is 9.53 Å². The van der Waals surface area contributed by atoms with Crippen LogP contribution in [0.25, 0.3) is 0 Å². The van der Waals surface area contributed by atoms with E-state index in [4.69, 9.17) is 9.26 Å². The van der Waals surface area contributed by atoms with Gasteiger partial charge >= 0.3 is 0 Å². The maximum absolute atomic E-state index is 12.1. The summed E-state index contributed by atoms with van der Waals surface area (Å²) in [6.45, 7) is 6.19. The molecule has 106 valence electrons. The molecule has 0 saturated carbocycles. The zero-order chi connectivity index (χ0) is 13.7. The maximum atomic E-state index is 12.1. The van der Waals surface area contributed by atoms with Crippen molar-refractivity contribution in [2.45, 2.75) is 32.7 Å². The minimum atomic E-state index is -0.211. The first-order valence-corrected chi connectivity index (χ1v) is 6.74. The number of nitrogens with one attached hydrogen (secondary N) is 2. The fourth-order valence-corrected chi connectivity index (χ4v) is 2.11. The van der Waals surface area contributed by atoms with E-state index in [9.17, 15) is 4.79 Å². The van der Waals surface area contributed by atoms with E-state index < -0.39 is 0 Å². The first-order chi connectivity index (χ1) is 9.19. The Morgan fingerprint density at radius 3 is 3.05 bits per heavy atom. The summed E-state index contributed by atoms with van der Waals surface area (Å²) in [6.07, 6.45) is 1.80. The van der Waals surface area contributed by atoms with Crippen LogP contribution in [-0.4, -0.2) is 36.9 Å². The number of aryl methyl sites for hydroxylation is 1. The summed E-state index contributed by atoms with van der Waals surface area (Å²) < 4.78 is 10.2. The molecule has 2 heterocycles. The molecule has 1 saturated heterocycles. The monoisotopic (exact) mass is 267 g/mol. The second-order valence-electron chi connectivity index (χ2n) is 4.91. The van der Waals surface area contributed by atoms with Gasteiger partial charge in [-0.15, -0.1) is 0 Å². The van der Waals surface area contributed by atoms with E-state index >= 15 is 0 Å². The number of carbonyl (C=O) groups is 1. The van der Waals surface area contributed by atoms with Gasteiger partial charge in [0.15, 0.2) is 5.82 Å². The highest BCUT2D eigenvalue weighted by atomic mass is 16.5. The third kappa shape index (κ3) is 4.04. The second kappa shape index (κ2) is 6.68. The number of hydrogen-bond acceptors (Lipinski definition) is 5. The number of aromatic nitrogens is 1. The van der Waals surface area contributed by atoms with Gasteiger partial charge in [-0.05, 0) is 25.7 Å². The lowest BCUT2D eigenvalue weighted by Crippen LogP contribution is -2.42. The van der Waals surface area contributed by atoms with Crippen LogP contribution in [0.2, 0.25) is 0 Å². The van der Waals surface area contributed by atoms with Gasteiger partial charge in [0.05, 0.1) is 12.6 Å². The molecule has 1 aliphatic rings. The van der Waals surface area contributed by atoms with Crippen molar-refractivity contribution in [1.82, 2.24) is 10.5 Å². The number of hydrogen-bond donors (Lipinski definition) is 2. The fraction of sp³-hybridized carbons (Fsp3) is 0.692. The minimum Gasteiger partial charge on any atom is -0.381 e. The summed E-state index contributed by atoms with van der Waals surface area (Å²) in [5.74, 6) is 1.58. The highest BCUT2D eigenvalue weighted by Gasteiger charge is 2.21. The summed E-state index contributed by atoms with van der Waals surface area (Å²) >= 11 is 0. The number of carbonyl (C=O) groups excluding carboxylic acids is 1. The lowest BCUT2D eigenvalue weighted by Gasteiger charge is -2.17. The van der Waals surface area contributed by atoms with Crippen molar-refractivity contribution in [3.05, 3.63) is 11.8 Å². The first-order valence-electron chi connectivity index (χ1n) is 6.74. The molecule has 1 fully saturated rings. The van der Waals surface area contributed by atoms with Crippen LogP contribution in [0, 0.1) is 12.8 Å². The molecule has 2 atom stereocenters. The average molecular weight is 267 g/mol. The van der Waals surface area contributed by atoms with Gasteiger partial charge in [0.25, 0.3) is 0 Å². The lowest BCUT2D eigenvalue weighted by molar-refractivity contribution is -0.118. The lowest BCUT2D eigenvalue weighted by atomic mass is 10.1. The SMILES string of the molecule is CC[C@H](NC[C@@H]1CCOC1)C(=O)Nc1cc(C)on1. The van der Waals surface area contributed by atoms with Crippen LogP contribution in [0.3, 0.4) is 0 Å². The summed E-state index contributed by atoms with van der Waals surface area (Å²) in [5, 5.41) is 9.79. The van der Waals surface area contributed by atoms with Crippen LogP contribution in [0.5, 0.6) is 0 Å². The molecule has 6 heteroatoms. The fourth-order valence-electron chi connectivity index (χ4n) is 2.11. The predicted molar refractivity (Wildman–Crippen MR) is 70.9 cm³/mol. The number of nitrogens with zero attached hydrogens (tertiary/aromatic N) is 1. The Morgan fingerprint density at radius 2 is 2.47 bits per heavy atom. The Bertz CT molecular complexity index is 413. The number of anilines is 1. The van der Waals surface area contributed by atoms with Gasteiger partial charge in [0.2, 0.25) is 5.91 Å². The molecule has 0 aliphatic carbocycles. The molecule has 0 radical (unpaired) electrons. The van der Waals surface area contributed by atoms with Crippen LogP contribution >= 0.6 is 0 Å². The maximum Gasteiger partial charge on any atom is 0.242 e. The Morgan fingerprint density at radius 1 is 1.63 bits per heavy atom. The van der Waals surface area contributed by atoms with Crippen molar-refractivity contribution in [3.8, 4) is 0 Å². The minimum absolute atomic E-state index is 0.0743. The van der Waals surface area contributed by atoms with Crippen LogP contribution < -0.4 is 10.6 Å². The largest absolute Gasteiger partial charge is 0.381 e. The van der Waals surface area contributed by atoms with E-state index in [1.807, 2.05) is 6.92 Å². The molecule has 2 rings (SSSR count). The van der Waals surface area contributed by atoms with Crippen molar-refractivity contribution >= 4 is 11.7 Å². The van der Waals surface area contributed by atoms with Crippen molar-refractivity contribution in [2.24, 2.45) is 5.92 Å². The molecule has 1 aliphatic heterocycles. The van der Waals surface area contributed by atoms with E-state index in [0.29, 0.717) is 17.5 Å². The van der Waals surface area contributed by atoms with Crippen molar-refractivity contribution in [2.75, 3.05) is 25.1 Å². The molecule has 2 N–H and O–H groups in total. The Hall–Kier alpha value is -1.40. The van der Waals surface area contributed by atoms with E-state index in [2.05, 4.69) is 15.8 Å². The Balaban J connectivity index is 1.80. The molecule has 1 aromatic heterocycles. The van der Waals surface area contributed by atoms with Gasteiger partial charge in [-0.2, -0.15) is 0 Å². The van der Waals surface area contributed by atoms with Gasteiger partial charge in [-0.3, -0.25) is 4.79 Å².